The Morgan fingerprint density at radius 3 is 2.90 bits per heavy atom. The maximum absolute atomic E-state index is 11.9. The van der Waals surface area contributed by atoms with Crippen molar-refractivity contribution in [1.29, 1.82) is 0 Å². The van der Waals surface area contributed by atoms with Crippen molar-refractivity contribution in [3.63, 3.8) is 0 Å². The van der Waals surface area contributed by atoms with Gasteiger partial charge in [-0.2, -0.15) is 0 Å². The van der Waals surface area contributed by atoms with Gasteiger partial charge in [-0.3, -0.25) is 4.79 Å². The quantitative estimate of drug-likeness (QED) is 0.830. The van der Waals surface area contributed by atoms with E-state index in [0.29, 0.717) is 12.8 Å². The van der Waals surface area contributed by atoms with Crippen molar-refractivity contribution in [2.45, 2.75) is 36.6 Å². The van der Waals surface area contributed by atoms with Crippen molar-refractivity contribution in [3.05, 3.63) is 18.2 Å². The monoisotopic (exact) mass is 309 g/mol. The highest BCUT2D eigenvalue weighted by Gasteiger charge is 2.13. The molecule has 2 rings (SSSR count). The predicted molar refractivity (Wildman–Crippen MR) is 87.5 cm³/mol. The molecule has 1 aromatic heterocycles. The summed E-state index contributed by atoms with van der Waals surface area (Å²) in [5.74, 6) is -0.00233. The summed E-state index contributed by atoms with van der Waals surface area (Å²) < 4.78 is 2.12. The molecule has 0 bridgehead atoms. The standard InChI is InChI=1S/C14H19N3OS2/c1-14(2,15)7-6-12(18)16-9-4-5-10-11(8-9)20-13(17-10)19-3/h4-5,8H,6-7,15H2,1-3H3,(H,16,18). The molecule has 0 aliphatic carbocycles. The van der Waals surface area contributed by atoms with Gasteiger partial charge in [-0.05, 0) is 44.7 Å². The third-order valence-corrected chi connectivity index (χ3v) is 4.83. The Morgan fingerprint density at radius 2 is 2.25 bits per heavy atom. The molecule has 2 aromatic rings. The van der Waals surface area contributed by atoms with Crippen LogP contribution in [0.1, 0.15) is 26.7 Å². The lowest BCUT2D eigenvalue weighted by atomic mass is 10.00. The largest absolute Gasteiger partial charge is 0.326 e. The van der Waals surface area contributed by atoms with Crippen molar-refractivity contribution < 1.29 is 4.79 Å². The topological polar surface area (TPSA) is 68.0 Å². The van der Waals surface area contributed by atoms with E-state index in [0.717, 1.165) is 20.2 Å². The number of thiazole rings is 1. The summed E-state index contributed by atoms with van der Waals surface area (Å²) in [6, 6.07) is 5.80. The highest BCUT2D eigenvalue weighted by molar-refractivity contribution is 8.00. The predicted octanol–water partition coefficient (Wildman–Crippen LogP) is 3.47. The van der Waals surface area contributed by atoms with Gasteiger partial charge in [0.25, 0.3) is 0 Å². The molecule has 0 fully saturated rings. The smallest absolute Gasteiger partial charge is 0.224 e. The summed E-state index contributed by atoms with van der Waals surface area (Å²) in [5.41, 5.74) is 7.35. The molecule has 1 aromatic carbocycles. The van der Waals surface area contributed by atoms with E-state index in [1.807, 2.05) is 38.3 Å². The third-order valence-electron chi connectivity index (χ3n) is 2.82. The zero-order valence-corrected chi connectivity index (χ0v) is 13.5. The van der Waals surface area contributed by atoms with Gasteiger partial charge in [0.05, 0.1) is 10.2 Å². The molecule has 0 saturated carbocycles. The van der Waals surface area contributed by atoms with E-state index >= 15 is 0 Å². The van der Waals surface area contributed by atoms with Crippen molar-refractivity contribution in [3.8, 4) is 0 Å². The average molecular weight is 309 g/mol. The first kappa shape index (κ1) is 15.3. The molecule has 0 aliphatic heterocycles. The van der Waals surface area contributed by atoms with Gasteiger partial charge in [0.2, 0.25) is 5.91 Å². The number of nitrogens with two attached hydrogens (primary N) is 1. The molecular formula is C14H19N3OS2. The molecule has 4 nitrogen and oxygen atoms in total. The molecule has 0 atom stereocenters. The minimum Gasteiger partial charge on any atom is -0.326 e. The van der Waals surface area contributed by atoms with Gasteiger partial charge in [-0.1, -0.05) is 11.8 Å². The normalized spacial score (nSPS) is 11.8. The van der Waals surface area contributed by atoms with Gasteiger partial charge in [-0.15, -0.1) is 11.3 Å². The Kier molecular flexibility index (Phi) is 4.67. The fraction of sp³-hybridized carbons (Fsp3) is 0.429. The molecule has 0 spiro atoms. The molecule has 20 heavy (non-hydrogen) atoms. The number of thioether (sulfide) groups is 1. The van der Waals surface area contributed by atoms with Crippen molar-refractivity contribution in [1.82, 2.24) is 4.98 Å². The summed E-state index contributed by atoms with van der Waals surface area (Å²) in [6.45, 7) is 3.85. The van der Waals surface area contributed by atoms with E-state index in [4.69, 9.17) is 5.73 Å². The number of hydrogen-bond donors (Lipinski definition) is 2. The zero-order chi connectivity index (χ0) is 14.8. The average Bonchev–Trinajstić information content (AvgIpc) is 2.78. The van der Waals surface area contributed by atoms with E-state index in [1.54, 1.807) is 23.1 Å². The van der Waals surface area contributed by atoms with Crippen LogP contribution < -0.4 is 11.1 Å². The molecule has 0 aliphatic rings. The van der Waals surface area contributed by atoms with Crippen molar-refractivity contribution in [2.24, 2.45) is 5.73 Å². The lowest BCUT2D eigenvalue weighted by Crippen LogP contribution is -2.33. The minimum atomic E-state index is -0.313. The number of hydrogen-bond acceptors (Lipinski definition) is 5. The maximum Gasteiger partial charge on any atom is 0.224 e. The van der Waals surface area contributed by atoms with E-state index in [1.165, 1.54) is 0 Å². The highest BCUT2D eigenvalue weighted by Crippen LogP contribution is 2.30. The molecular weight excluding hydrogens is 290 g/mol. The van der Waals surface area contributed by atoms with Gasteiger partial charge in [0, 0.05) is 17.6 Å². The zero-order valence-electron chi connectivity index (χ0n) is 11.9. The Morgan fingerprint density at radius 1 is 1.50 bits per heavy atom. The molecule has 1 amide bonds. The number of anilines is 1. The van der Waals surface area contributed by atoms with Crippen LogP contribution in [-0.2, 0) is 4.79 Å². The van der Waals surface area contributed by atoms with Gasteiger partial charge >= 0.3 is 0 Å². The van der Waals surface area contributed by atoms with Crippen LogP contribution >= 0.6 is 23.1 Å². The maximum atomic E-state index is 11.9. The minimum absolute atomic E-state index is 0.00233. The molecule has 1 heterocycles. The van der Waals surface area contributed by atoms with E-state index in [-0.39, 0.29) is 11.4 Å². The van der Waals surface area contributed by atoms with Crippen LogP contribution in [0.25, 0.3) is 10.2 Å². The second kappa shape index (κ2) is 6.11. The lowest BCUT2D eigenvalue weighted by Gasteiger charge is -2.17. The van der Waals surface area contributed by atoms with Crippen LogP contribution in [0.4, 0.5) is 5.69 Å². The lowest BCUT2D eigenvalue weighted by molar-refractivity contribution is -0.116. The first-order valence-corrected chi connectivity index (χ1v) is 8.45. The number of carbonyl (C=O) groups is 1. The molecule has 0 saturated heterocycles. The van der Waals surface area contributed by atoms with E-state index in [2.05, 4.69) is 10.3 Å². The first-order valence-electron chi connectivity index (χ1n) is 6.41. The molecule has 0 unspecified atom stereocenters. The van der Waals surface area contributed by atoms with Crippen molar-refractivity contribution in [2.75, 3.05) is 11.6 Å². The Balaban J connectivity index is 2.04. The van der Waals surface area contributed by atoms with Crippen LogP contribution in [0.2, 0.25) is 0 Å². The highest BCUT2D eigenvalue weighted by atomic mass is 32.2. The number of rotatable bonds is 5. The van der Waals surface area contributed by atoms with Gasteiger partial charge in [-0.25, -0.2) is 4.98 Å². The molecule has 108 valence electrons. The molecule has 0 radical (unpaired) electrons. The van der Waals surface area contributed by atoms with Crippen LogP contribution in [0.5, 0.6) is 0 Å². The Bertz CT molecular complexity index is 616. The summed E-state index contributed by atoms with van der Waals surface area (Å²) in [4.78, 5) is 16.3. The summed E-state index contributed by atoms with van der Waals surface area (Å²) in [5, 5.41) is 2.91. The van der Waals surface area contributed by atoms with Crippen LogP contribution in [0, 0.1) is 0 Å². The summed E-state index contributed by atoms with van der Waals surface area (Å²) in [7, 11) is 0. The van der Waals surface area contributed by atoms with Gasteiger partial charge in [0.15, 0.2) is 4.34 Å². The summed E-state index contributed by atoms with van der Waals surface area (Å²) in [6.07, 6.45) is 3.10. The van der Waals surface area contributed by atoms with Crippen molar-refractivity contribution >= 4 is 44.9 Å². The van der Waals surface area contributed by atoms with Crippen LogP contribution in [-0.4, -0.2) is 22.7 Å². The number of fused-ring (bicyclic) bond motifs is 1. The van der Waals surface area contributed by atoms with E-state index < -0.39 is 0 Å². The Labute approximate surface area is 127 Å². The number of nitrogens with zero attached hydrogens (tertiary/aromatic N) is 1. The third kappa shape index (κ3) is 4.19. The number of benzene rings is 1. The van der Waals surface area contributed by atoms with Gasteiger partial charge in [0.1, 0.15) is 0 Å². The molecule has 3 N–H and O–H groups in total. The Hall–Kier alpha value is -1.11. The fourth-order valence-corrected chi connectivity index (χ4v) is 3.26. The fourth-order valence-electron chi connectivity index (χ4n) is 1.73. The number of carbonyl (C=O) groups excluding carboxylic acids is 1. The van der Waals surface area contributed by atoms with Gasteiger partial charge < -0.3 is 11.1 Å². The number of amides is 1. The second-order valence-electron chi connectivity index (χ2n) is 5.40. The summed E-state index contributed by atoms with van der Waals surface area (Å²) >= 11 is 3.27. The van der Waals surface area contributed by atoms with Crippen LogP contribution in [0.3, 0.4) is 0 Å². The number of nitrogens with one attached hydrogen (secondary N) is 1. The SMILES string of the molecule is CSc1nc2ccc(NC(=O)CCC(C)(C)N)cc2s1. The first-order chi connectivity index (χ1) is 9.37. The molecule has 6 heteroatoms. The van der Waals surface area contributed by atoms with Crippen LogP contribution in [0.15, 0.2) is 22.5 Å². The number of aromatic nitrogens is 1. The van der Waals surface area contributed by atoms with E-state index in [9.17, 15) is 4.79 Å². The second-order valence-corrected chi connectivity index (χ2v) is 7.49.